The van der Waals surface area contributed by atoms with E-state index >= 15 is 0 Å². The molecule has 1 saturated heterocycles. The van der Waals surface area contributed by atoms with Gasteiger partial charge in [0.25, 0.3) is 0 Å². The van der Waals surface area contributed by atoms with Gasteiger partial charge in [-0.1, -0.05) is 43.7 Å². The molecule has 0 atom stereocenters. The first kappa shape index (κ1) is 23.3. The normalized spacial score (nSPS) is 18.6. The predicted molar refractivity (Wildman–Crippen MR) is 136 cm³/mol. The highest BCUT2D eigenvalue weighted by Crippen LogP contribution is 2.34. The molecule has 0 spiro atoms. The van der Waals surface area contributed by atoms with Gasteiger partial charge in [-0.05, 0) is 56.7 Å². The molecule has 176 valence electrons. The first-order valence-electron chi connectivity index (χ1n) is 12.3. The number of primary amides is 1. The van der Waals surface area contributed by atoms with Gasteiger partial charge in [0.15, 0.2) is 0 Å². The SMILES string of the molecule is C=C(/N=C\C(=C/C)C(N)=O)N1CCC(CNCc2cn(C3CCCC3)c3ccccc23)CC1. The Balaban J connectivity index is 1.27. The van der Waals surface area contributed by atoms with Crippen molar-refractivity contribution in [2.75, 3.05) is 19.6 Å². The minimum Gasteiger partial charge on any atom is -0.366 e. The quantitative estimate of drug-likeness (QED) is 0.438. The Kier molecular flexibility index (Phi) is 7.65. The average Bonchev–Trinajstić information content (AvgIpc) is 3.48. The average molecular weight is 448 g/mol. The van der Waals surface area contributed by atoms with Crippen LogP contribution >= 0.6 is 0 Å². The molecule has 1 aliphatic carbocycles. The van der Waals surface area contributed by atoms with Crippen LogP contribution in [0.25, 0.3) is 10.9 Å². The van der Waals surface area contributed by atoms with Crippen LogP contribution in [0, 0.1) is 5.92 Å². The number of rotatable bonds is 9. The summed E-state index contributed by atoms with van der Waals surface area (Å²) in [5.74, 6) is 0.879. The zero-order chi connectivity index (χ0) is 23.2. The topological polar surface area (TPSA) is 75.7 Å². The van der Waals surface area contributed by atoms with E-state index in [1.165, 1.54) is 48.4 Å². The maximum atomic E-state index is 11.3. The van der Waals surface area contributed by atoms with Crippen LogP contribution in [-0.4, -0.2) is 41.2 Å². The largest absolute Gasteiger partial charge is 0.366 e. The first-order valence-corrected chi connectivity index (χ1v) is 12.3. The molecule has 0 radical (unpaired) electrons. The van der Waals surface area contributed by atoms with Crippen LogP contribution in [0.2, 0.25) is 0 Å². The van der Waals surface area contributed by atoms with Gasteiger partial charge in [0.1, 0.15) is 5.82 Å². The number of piperidine rings is 1. The standard InChI is InChI=1S/C27H37N5O/c1-3-22(27(28)33)18-30-20(2)31-14-12-21(13-15-31)16-29-17-23-19-32(24-8-4-5-9-24)26-11-7-6-10-25(23)26/h3,6-7,10-11,18-19,21,24,29H,2,4-5,8-9,12-17H2,1H3,(H2,28,33)/b22-3+,30-18-. The maximum absolute atomic E-state index is 11.3. The second-order valence-corrected chi connectivity index (χ2v) is 9.36. The number of para-hydroxylation sites is 1. The molecule has 1 aromatic heterocycles. The van der Waals surface area contributed by atoms with Gasteiger partial charge >= 0.3 is 0 Å². The molecule has 2 aromatic rings. The van der Waals surface area contributed by atoms with Crippen molar-refractivity contribution >= 4 is 23.0 Å². The number of hydrogen-bond donors (Lipinski definition) is 2. The van der Waals surface area contributed by atoms with Gasteiger partial charge in [0, 0.05) is 49.0 Å². The van der Waals surface area contributed by atoms with Crippen LogP contribution in [-0.2, 0) is 11.3 Å². The van der Waals surface area contributed by atoms with Gasteiger partial charge in [-0.3, -0.25) is 4.79 Å². The third kappa shape index (κ3) is 5.56. The second kappa shape index (κ2) is 10.8. The van der Waals surface area contributed by atoms with Crippen LogP contribution in [0.4, 0.5) is 0 Å². The zero-order valence-corrected chi connectivity index (χ0v) is 19.8. The lowest BCUT2D eigenvalue weighted by Gasteiger charge is -2.33. The zero-order valence-electron chi connectivity index (χ0n) is 19.8. The number of aromatic nitrogens is 1. The van der Waals surface area contributed by atoms with Gasteiger partial charge in [-0.15, -0.1) is 0 Å². The minimum absolute atomic E-state index is 0.407. The molecule has 1 saturated carbocycles. The lowest BCUT2D eigenvalue weighted by atomic mass is 9.97. The van der Waals surface area contributed by atoms with Gasteiger partial charge in [0.2, 0.25) is 5.91 Å². The summed E-state index contributed by atoms with van der Waals surface area (Å²) in [4.78, 5) is 17.9. The molecule has 1 aromatic carbocycles. The number of hydrogen-bond acceptors (Lipinski definition) is 4. The van der Waals surface area contributed by atoms with E-state index in [4.69, 9.17) is 5.73 Å². The molecule has 2 heterocycles. The summed E-state index contributed by atoms with van der Waals surface area (Å²) < 4.78 is 2.53. The van der Waals surface area contributed by atoms with E-state index in [0.717, 1.165) is 39.0 Å². The molecule has 1 amide bonds. The molecule has 6 nitrogen and oxygen atoms in total. The van der Waals surface area contributed by atoms with Crippen molar-refractivity contribution in [2.24, 2.45) is 16.6 Å². The fourth-order valence-electron chi connectivity index (χ4n) is 5.21. The van der Waals surface area contributed by atoms with Crippen molar-refractivity contribution in [3.8, 4) is 0 Å². The Morgan fingerprint density at radius 2 is 1.94 bits per heavy atom. The number of aliphatic imine (C=N–C) groups is 1. The predicted octanol–water partition coefficient (Wildman–Crippen LogP) is 4.53. The number of carbonyl (C=O) groups excluding carboxylic acids is 1. The summed E-state index contributed by atoms with van der Waals surface area (Å²) in [6.07, 6.45) is 13.1. The fraction of sp³-hybridized carbons (Fsp3) is 0.481. The van der Waals surface area contributed by atoms with Crippen molar-refractivity contribution < 1.29 is 4.79 Å². The third-order valence-electron chi connectivity index (χ3n) is 7.22. The van der Waals surface area contributed by atoms with Crippen molar-refractivity contribution in [1.82, 2.24) is 14.8 Å². The molecule has 4 rings (SSSR count). The van der Waals surface area contributed by atoms with Crippen LogP contribution in [0.15, 0.2) is 59.5 Å². The number of benzene rings is 1. The van der Waals surface area contributed by atoms with Crippen molar-refractivity contribution in [3.63, 3.8) is 0 Å². The molecule has 0 unspecified atom stereocenters. The van der Waals surface area contributed by atoms with E-state index in [2.05, 4.69) is 56.8 Å². The van der Waals surface area contributed by atoms with E-state index in [9.17, 15) is 4.79 Å². The first-order chi connectivity index (χ1) is 16.1. The monoisotopic (exact) mass is 447 g/mol. The van der Waals surface area contributed by atoms with Crippen LogP contribution in [0.1, 0.15) is 57.1 Å². The molecular formula is C27H37N5O. The van der Waals surface area contributed by atoms with Crippen molar-refractivity contribution in [1.29, 1.82) is 0 Å². The maximum Gasteiger partial charge on any atom is 0.249 e. The Hall–Kier alpha value is -2.86. The van der Waals surface area contributed by atoms with Gasteiger partial charge in [-0.25, -0.2) is 4.99 Å². The van der Waals surface area contributed by atoms with E-state index < -0.39 is 5.91 Å². The highest BCUT2D eigenvalue weighted by atomic mass is 16.1. The molecule has 0 bridgehead atoms. The molecule has 2 fully saturated rings. The van der Waals surface area contributed by atoms with Gasteiger partial charge in [-0.2, -0.15) is 0 Å². The highest BCUT2D eigenvalue weighted by Gasteiger charge is 2.21. The van der Waals surface area contributed by atoms with E-state index in [-0.39, 0.29) is 0 Å². The third-order valence-corrected chi connectivity index (χ3v) is 7.22. The molecule has 1 aliphatic heterocycles. The molecular weight excluding hydrogens is 410 g/mol. The smallest absolute Gasteiger partial charge is 0.249 e. The Morgan fingerprint density at radius 1 is 1.21 bits per heavy atom. The molecule has 33 heavy (non-hydrogen) atoms. The summed E-state index contributed by atoms with van der Waals surface area (Å²) in [5.41, 5.74) is 8.53. The van der Waals surface area contributed by atoms with Crippen molar-refractivity contribution in [2.45, 2.75) is 58.0 Å². The van der Waals surface area contributed by atoms with E-state index in [1.54, 1.807) is 13.0 Å². The Labute approximate surface area is 197 Å². The number of likely N-dealkylation sites (tertiary alicyclic amines) is 1. The number of nitrogens with one attached hydrogen (secondary N) is 1. The summed E-state index contributed by atoms with van der Waals surface area (Å²) in [7, 11) is 0. The van der Waals surface area contributed by atoms with Crippen LogP contribution < -0.4 is 11.1 Å². The van der Waals surface area contributed by atoms with Crippen LogP contribution in [0.5, 0.6) is 0 Å². The summed E-state index contributed by atoms with van der Waals surface area (Å²) in [5, 5.41) is 5.12. The van der Waals surface area contributed by atoms with E-state index in [1.807, 2.05) is 0 Å². The van der Waals surface area contributed by atoms with E-state index in [0.29, 0.717) is 23.4 Å². The number of nitrogens with two attached hydrogens (primary N) is 1. The number of allylic oxidation sites excluding steroid dienone is 1. The Morgan fingerprint density at radius 3 is 2.64 bits per heavy atom. The van der Waals surface area contributed by atoms with Gasteiger partial charge < -0.3 is 20.5 Å². The van der Waals surface area contributed by atoms with Gasteiger partial charge in [0.05, 0.1) is 5.57 Å². The minimum atomic E-state index is -0.467. The number of nitrogens with zero attached hydrogens (tertiary/aromatic N) is 3. The molecule has 3 N–H and O–H groups in total. The summed E-state index contributed by atoms with van der Waals surface area (Å²) in [6.45, 7) is 9.65. The van der Waals surface area contributed by atoms with Crippen molar-refractivity contribution in [3.05, 3.63) is 60.1 Å². The van der Waals surface area contributed by atoms with Crippen LogP contribution in [0.3, 0.4) is 0 Å². The Bertz CT molecular complexity index is 1040. The highest BCUT2D eigenvalue weighted by molar-refractivity contribution is 6.11. The number of carbonyl (C=O) groups is 1. The number of fused-ring (bicyclic) bond motifs is 1. The summed E-state index contributed by atoms with van der Waals surface area (Å²) >= 11 is 0. The molecule has 2 aliphatic rings. The number of amides is 1. The lowest BCUT2D eigenvalue weighted by Crippen LogP contribution is -2.36. The second-order valence-electron chi connectivity index (χ2n) is 9.36. The summed E-state index contributed by atoms with van der Waals surface area (Å²) in [6, 6.07) is 9.50. The lowest BCUT2D eigenvalue weighted by molar-refractivity contribution is -0.114. The fourth-order valence-corrected chi connectivity index (χ4v) is 5.21. The molecule has 6 heteroatoms.